The Labute approximate surface area is 206 Å². The van der Waals surface area contributed by atoms with E-state index in [-0.39, 0.29) is 12.1 Å². The summed E-state index contributed by atoms with van der Waals surface area (Å²) in [6, 6.07) is 27.0. The van der Waals surface area contributed by atoms with E-state index in [2.05, 4.69) is 87.5 Å². The molecule has 5 nitrogen and oxygen atoms in total. The Morgan fingerprint density at radius 2 is 1.68 bits per heavy atom. The summed E-state index contributed by atoms with van der Waals surface area (Å²) in [5, 5.41) is 4.25. The van der Waals surface area contributed by atoms with Gasteiger partial charge >= 0.3 is 0 Å². The quantitative estimate of drug-likeness (QED) is 0.337. The average Bonchev–Trinajstić information content (AvgIpc) is 3.49. The van der Waals surface area contributed by atoms with Crippen molar-refractivity contribution in [2.75, 3.05) is 11.5 Å². The highest BCUT2D eigenvalue weighted by atomic mass is 32.1. The molecule has 6 heteroatoms. The number of nitrogens with one attached hydrogen (secondary N) is 1. The molecule has 4 aromatic rings. The summed E-state index contributed by atoms with van der Waals surface area (Å²) in [6.45, 7) is 4.81. The minimum Gasteiger partial charge on any atom is -0.494 e. The van der Waals surface area contributed by atoms with Gasteiger partial charge in [0.25, 0.3) is 0 Å². The lowest BCUT2D eigenvalue weighted by Gasteiger charge is -2.29. The molecule has 1 aliphatic rings. The van der Waals surface area contributed by atoms with E-state index in [0.29, 0.717) is 11.7 Å². The van der Waals surface area contributed by atoms with Gasteiger partial charge < -0.3 is 19.5 Å². The molecule has 1 fully saturated rings. The van der Waals surface area contributed by atoms with Gasteiger partial charge in [-0.2, -0.15) is 0 Å². The number of benzene rings is 2. The molecule has 34 heavy (non-hydrogen) atoms. The molecule has 1 aliphatic heterocycles. The predicted molar refractivity (Wildman–Crippen MR) is 141 cm³/mol. The largest absolute Gasteiger partial charge is 0.494 e. The number of rotatable bonds is 7. The van der Waals surface area contributed by atoms with Crippen molar-refractivity contribution in [1.29, 1.82) is 0 Å². The first-order chi connectivity index (χ1) is 16.7. The highest BCUT2D eigenvalue weighted by Gasteiger charge is 2.42. The number of ether oxygens (including phenoxy) is 1. The third kappa shape index (κ3) is 4.17. The second-order valence-corrected chi connectivity index (χ2v) is 8.63. The van der Waals surface area contributed by atoms with E-state index >= 15 is 0 Å². The van der Waals surface area contributed by atoms with Crippen molar-refractivity contribution in [3.05, 3.63) is 108 Å². The summed E-state index contributed by atoms with van der Waals surface area (Å²) in [5.74, 6) is 0.868. The van der Waals surface area contributed by atoms with Gasteiger partial charge in [0.2, 0.25) is 0 Å². The van der Waals surface area contributed by atoms with Gasteiger partial charge in [0.1, 0.15) is 11.8 Å². The van der Waals surface area contributed by atoms with Gasteiger partial charge in [0, 0.05) is 29.5 Å². The zero-order valence-corrected chi connectivity index (χ0v) is 20.2. The number of aryl methyl sites for hydroxylation is 1. The van der Waals surface area contributed by atoms with Crippen LogP contribution < -0.4 is 15.0 Å². The SMILES string of the molecule is CCOc1ccc(-n2cccc2[C@@H]2[C@H](c3ccccn3)NC(=S)N2c2ccc(CC)cc2)cc1. The molecule has 172 valence electrons. The van der Waals surface area contributed by atoms with Gasteiger partial charge in [-0.25, -0.2) is 0 Å². The van der Waals surface area contributed by atoms with Crippen molar-refractivity contribution >= 4 is 23.0 Å². The summed E-state index contributed by atoms with van der Waals surface area (Å²) >= 11 is 5.88. The molecule has 0 unspecified atom stereocenters. The zero-order valence-electron chi connectivity index (χ0n) is 19.4. The van der Waals surface area contributed by atoms with Gasteiger partial charge in [0.05, 0.1) is 18.3 Å². The lowest BCUT2D eigenvalue weighted by atomic mass is 10.0. The Bertz CT molecular complexity index is 1250. The van der Waals surface area contributed by atoms with Crippen LogP contribution in [0, 0.1) is 0 Å². The van der Waals surface area contributed by atoms with Gasteiger partial charge in [-0.3, -0.25) is 4.98 Å². The lowest BCUT2D eigenvalue weighted by Crippen LogP contribution is -2.30. The Kier molecular flexibility index (Phi) is 6.32. The van der Waals surface area contributed by atoms with E-state index in [0.717, 1.165) is 34.9 Å². The summed E-state index contributed by atoms with van der Waals surface area (Å²) in [4.78, 5) is 6.89. The summed E-state index contributed by atoms with van der Waals surface area (Å²) in [5.41, 5.74) is 5.53. The monoisotopic (exact) mass is 468 g/mol. The van der Waals surface area contributed by atoms with Gasteiger partial charge in [-0.1, -0.05) is 25.1 Å². The number of pyridine rings is 1. The van der Waals surface area contributed by atoms with Crippen LogP contribution in [0.25, 0.3) is 5.69 Å². The summed E-state index contributed by atoms with van der Waals surface area (Å²) < 4.78 is 7.86. The molecule has 2 aromatic carbocycles. The van der Waals surface area contributed by atoms with Crippen LogP contribution in [-0.2, 0) is 6.42 Å². The van der Waals surface area contributed by atoms with Crippen molar-refractivity contribution in [2.45, 2.75) is 32.4 Å². The van der Waals surface area contributed by atoms with Crippen LogP contribution in [0.2, 0.25) is 0 Å². The zero-order chi connectivity index (χ0) is 23.5. The van der Waals surface area contributed by atoms with Gasteiger partial charge in [-0.05, 0) is 91.8 Å². The molecule has 0 spiro atoms. The first-order valence-corrected chi connectivity index (χ1v) is 12.1. The lowest BCUT2D eigenvalue weighted by molar-refractivity contribution is 0.340. The Balaban J connectivity index is 1.60. The van der Waals surface area contributed by atoms with E-state index in [1.165, 1.54) is 5.56 Å². The van der Waals surface area contributed by atoms with E-state index in [1.54, 1.807) is 0 Å². The van der Waals surface area contributed by atoms with Crippen LogP contribution >= 0.6 is 12.2 Å². The maximum Gasteiger partial charge on any atom is 0.174 e. The molecule has 1 saturated heterocycles. The van der Waals surface area contributed by atoms with Crippen LogP contribution in [-0.4, -0.2) is 21.3 Å². The topological polar surface area (TPSA) is 42.3 Å². The van der Waals surface area contributed by atoms with Crippen LogP contribution in [0.3, 0.4) is 0 Å². The van der Waals surface area contributed by atoms with Crippen molar-refractivity contribution < 1.29 is 4.74 Å². The number of hydrogen-bond donors (Lipinski definition) is 1. The van der Waals surface area contributed by atoms with Crippen molar-refractivity contribution in [3.8, 4) is 11.4 Å². The molecule has 3 heterocycles. The second-order valence-electron chi connectivity index (χ2n) is 8.25. The normalized spacial score (nSPS) is 17.6. The van der Waals surface area contributed by atoms with Crippen molar-refractivity contribution in [3.63, 3.8) is 0 Å². The smallest absolute Gasteiger partial charge is 0.174 e. The standard InChI is InChI=1S/C28H28N4OS/c1-3-20-10-12-22(13-11-20)32-27(26(30-28(32)34)24-8-5-6-18-29-24)25-9-7-19-31(25)21-14-16-23(17-15-21)33-4-2/h5-19,26-27H,3-4H2,1-2H3,(H,30,34)/t26-,27+/m0/s1. The average molecular weight is 469 g/mol. The maximum atomic E-state index is 5.88. The van der Waals surface area contributed by atoms with E-state index in [9.17, 15) is 0 Å². The Morgan fingerprint density at radius 1 is 0.912 bits per heavy atom. The predicted octanol–water partition coefficient (Wildman–Crippen LogP) is 6.01. The molecule has 0 amide bonds. The van der Waals surface area contributed by atoms with E-state index < -0.39 is 0 Å². The highest BCUT2D eigenvalue weighted by Crippen LogP contribution is 2.42. The molecule has 2 aromatic heterocycles. The summed E-state index contributed by atoms with van der Waals surface area (Å²) in [7, 11) is 0. The van der Waals surface area contributed by atoms with E-state index in [1.807, 2.05) is 37.4 Å². The fourth-order valence-electron chi connectivity index (χ4n) is 4.57. The fourth-order valence-corrected chi connectivity index (χ4v) is 4.91. The highest BCUT2D eigenvalue weighted by molar-refractivity contribution is 7.80. The number of nitrogens with zero attached hydrogens (tertiary/aromatic N) is 3. The first kappa shape index (κ1) is 22.2. The Hall–Kier alpha value is -3.64. The molecule has 0 saturated carbocycles. The molecular weight excluding hydrogens is 440 g/mol. The third-order valence-corrected chi connectivity index (χ3v) is 6.54. The molecule has 0 bridgehead atoms. The van der Waals surface area contributed by atoms with Crippen molar-refractivity contribution in [1.82, 2.24) is 14.9 Å². The molecular formula is C28H28N4OS. The van der Waals surface area contributed by atoms with Crippen LogP contribution in [0.15, 0.2) is 91.3 Å². The maximum absolute atomic E-state index is 5.88. The second kappa shape index (κ2) is 9.69. The molecule has 2 atom stereocenters. The number of thiocarbonyl (C=S) groups is 1. The number of anilines is 1. The summed E-state index contributed by atoms with van der Waals surface area (Å²) in [6.07, 6.45) is 4.94. The van der Waals surface area contributed by atoms with Crippen LogP contribution in [0.4, 0.5) is 5.69 Å². The minimum atomic E-state index is -0.0871. The van der Waals surface area contributed by atoms with Crippen LogP contribution in [0.5, 0.6) is 5.75 Å². The molecule has 1 N–H and O–H groups in total. The molecule has 5 rings (SSSR count). The minimum absolute atomic E-state index is 0.0727. The third-order valence-electron chi connectivity index (χ3n) is 6.23. The first-order valence-electron chi connectivity index (χ1n) is 11.7. The number of hydrogen-bond acceptors (Lipinski definition) is 3. The van der Waals surface area contributed by atoms with Crippen molar-refractivity contribution in [2.24, 2.45) is 0 Å². The van der Waals surface area contributed by atoms with Gasteiger partial charge in [0.15, 0.2) is 5.11 Å². The van der Waals surface area contributed by atoms with E-state index in [4.69, 9.17) is 17.0 Å². The molecule has 0 aliphatic carbocycles. The fraction of sp³-hybridized carbons (Fsp3) is 0.214. The number of aromatic nitrogens is 2. The molecule has 0 radical (unpaired) electrons. The van der Waals surface area contributed by atoms with Crippen LogP contribution in [0.1, 0.15) is 42.9 Å². The van der Waals surface area contributed by atoms with Gasteiger partial charge in [-0.15, -0.1) is 0 Å². The Morgan fingerprint density at radius 3 is 2.35 bits per heavy atom.